The molecule has 2 aromatic carbocycles. The van der Waals surface area contributed by atoms with Gasteiger partial charge in [-0.2, -0.15) is 9.29 Å². The van der Waals surface area contributed by atoms with Crippen molar-refractivity contribution in [2.24, 2.45) is 0 Å². The molecule has 0 bridgehead atoms. The van der Waals surface area contributed by atoms with Gasteiger partial charge in [-0.1, -0.05) is 11.6 Å². The van der Waals surface area contributed by atoms with Gasteiger partial charge in [-0.15, -0.1) is 0 Å². The topological polar surface area (TPSA) is 112 Å². The van der Waals surface area contributed by atoms with E-state index in [2.05, 4.69) is 10.1 Å². The fourth-order valence-corrected chi connectivity index (χ4v) is 5.68. The number of hydrogen-bond acceptors (Lipinski definition) is 8. The van der Waals surface area contributed by atoms with Crippen LogP contribution in [-0.2, 0) is 21.4 Å². The van der Waals surface area contributed by atoms with Gasteiger partial charge in [-0.05, 0) is 62.2 Å². The second-order valence-electron chi connectivity index (χ2n) is 7.92. The van der Waals surface area contributed by atoms with E-state index in [-0.39, 0.29) is 40.6 Å². The highest BCUT2D eigenvalue weighted by Gasteiger charge is 2.33. The summed E-state index contributed by atoms with van der Waals surface area (Å²) in [5.74, 6) is -0.741. The number of halogens is 1. The fraction of sp³-hybridized carbons (Fsp3) is 0.348. The minimum absolute atomic E-state index is 0.0381. The van der Waals surface area contributed by atoms with Crippen LogP contribution in [0.15, 0.2) is 51.9 Å². The SMILES string of the molecule is COc1ccc(C(=O)OCc2nc(-c3ccc(F)cc3)no2)cc1S(=O)(=O)N1CCCC[C@@H]1C. The van der Waals surface area contributed by atoms with Gasteiger partial charge in [0.2, 0.25) is 15.8 Å². The van der Waals surface area contributed by atoms with Crippen molar-refractivity contribution in [1.29, 1.82) is 0 Å². The van der Waals surface area contributed by atoms with Crippen LogP contribution < -0.4 is 4.74 Å². The normalized spacial score (nSPS) is 16.9. The van der Waals surface area contributed by atoms with Crippen molar-refractivity contribution in [2.75, 3.05) is 13.7 Å². The molecule has 11 heteroatoms. The Morgan fingerprint density at radius 1 is 1.21 bits per heavy atom. The lowest BCUT2D eigenvalue weighted by atomic mass is 10.1. The lowest BCUT2D eigenvalue weighted by molar-refractivity contribution is 0.0429. The van der Waals surface area contributed by atoms with Gasteiger partial charge in [0.15, 0.2) is 6.61 Å². The molecule has 1 atom stereocenters. The molecule has 1 aliphatic rings. The minimum Gasteiger partial charge on any atom is -0.495 e. The summed E-state index contributed by atoms with van der Waals surface area (Å²) in [6, 6.07) is 9.50. The van der Waals surface area contributed by atoms with Crippen LogP contribution in [0.4, 0.5) is 4.39 Å². The Balaban J connectivity index is 1.50. The maximum Gasteiger partial charge on any atom is 0.338 e. The molecule has 9 nitrogen and oxygen atoms in total. The highest BCUT2D eigenvalue weighted by molar-refractivity contribution is 7.89. The quantitative estimate of drug-likeness (QED) is 0.461. The van der Waals surface area contributed by atoms with Crippen LogP contribution >= 0.6 is 0 Å². The number of hydrogen-bond donors (Lipinski definition) is 0. The summed E-state index contributed by atoms with van der Waals surface area (Å²) in [6.45, 7) is 1.96. The van der Waals surface area contributed by atoms with Gasteiger partial charge in [0.1, 0.15) is 16.5 Å². The van der Waals surface area contributed by atoms with Gasteiger partial charge in [0.25, 0.3) is 5.89 Å². The standard InChI is InChI=1S/C23H24FN3O6S/c1-15-5-3-4-12-27(15)34(29,30)20-13-17(8-11-19(20)31-2)23(28)32-14-21-25-22(26-33-21)16-6-9-18(24)10-7-16/h6-11,13,15H,3-5,12,14H2,1-2H3/t15-/m0/s1. The first-order valence-corrected chi connectivity index (χ1v) is 12.2. The Bertz CT molecular complexity index is 1280. The second-order valence-corrected chi connectivity index (χ2v) is 9.78. The summed E-state index contributed by atoms with van der Waals surface area (Å²) in [7, 11) is -2.50. The van der Waals surface area contributed by atoms with E-state index >= 15 is 0 Å². The maximum atomic E-state index is 13.3. The average Bonchev–Trinajstić information content (AvgIpc) is 3.31. The summed E-state index contributed by atoms with van der Waals surface area (Å²) < 4.78 is 56.8. The second kappa shape index (κ2) is 9.90. The Hall–Kier alpha value is -3.31. The predicted octanol–water partition coefficient (Wildman–Crippen LogP) is 3.80. The Morgan fingerprint density at radius 3 is 2.68 bits per heavy atom. The van der Waals surface area contributed by atoms with E-state index in [4.69, 9.17) is 14.0 Å². The van der Waals surface area contributed by atoms with Gasteiger partial charge in [0, 0.05) is 18.2 Å². The van der Waals surface area contributed by atoms with E-state index < -0.39 is 21.8 Å². The van der Waals surface area contributed by atoms with E-state index in [0.29, 0.717) is 12.1 Å². The monoisotopic (exact) mass is 489 g/mol. The summed E-state index contributed by atoms with van der Waals surface area (Å²) >= 11 is 0. The van der Waals surface area contributed by atoms with E-state index in [0.717, 1.165) is 19.3 Å². The largest absolute Gasteiger partial charge is 0.495 e. The first-order valence-electron chi connectivity index (χ1n) is 10.7. The molecule has 0 saturated carbocycles. The number of benzene rings is 2. The van der Waals surface area contributed by atoms with Crippen molar-refractivity contribution in [2.45, 2.75) is 43.7 Å². The molecule has 2 heterocycles. The zero-order chi connectivity index (χ0) is 24.3. The van der Waals surface area contributed by atoms with E-state index in [1.807, 2.05) is 6.92 Å². The van der Waals surface area contributed by atoms with Gasteiger partial charge in [-0.3, -0.25) is 0 Å². The lowest BCUT2D eigenvalue weighted by Gasteiger charge is -2.32. The number of carbonyl (C=O) groups excluding carboxylic acids is 1. The fourth-order valence-electron chi connectivity index (χ4n) is 3.80. The van der Waals surface area contributed by atoms with Crippen molar-refractivity contribution < 1.29 is 31.6 Å². The molecular weight excluding hydrogens is 465 g/mol. The van der Waals surface area contributed by atoms with Gasteiger partial charge in [-0.25, -0.2) is 17.6 Å². The third-order valence-corrected chi connectivity index (χ3v) is 7.66. The van der Waals surface area contributed by atoms with E-state index in [1.165, 1.54) is 53.9 Å². The number of ether oxygens (including phenoxy) is 2. The number of nitrogens with zero attached hydrogens (tertiary/aromatic N) is 3. The Kier molecular flexibility index (Phi) is 6.94. The minimum atomic E-state index is -3.87. The molecule has 3 aromatic rings. The molecule has 1 aromatic heterocycles. The number of carbonyl (C=O) groups is 1. The maximum absolute atomic E-state index is 13.3. The van der Waals surface area contributed by atoms with Crippen molar-refractivity contribution >= 4 is 16.0 Å². The Labute approximate surface area is 196 Å². The molecule has 1 aliphatic heterocycles. The first kappa shape index (κ1) is 23.8. The highest BCUT2D eigenvalue weighted by atomic mass is 32.2. The zero-order valence-corrected chi connectivity index (χ0v) is 19.5. The molecule has 0 N–H and O–H groups in total. The first-order chi connectivity index (χ1) is 16.3. The summed E-state index contributed by atoms with van der Waals surface area (Å²) in [5, 5.41) is 3.79. The zero-order valence-electron chi connectivity index (χ0n) is 18.7. The summed E-state index contributed by atoms with van der Waals surface area (Å²) in [5.41, 5.74) is 0.585. The molecule has 4 rings (SSSR count). The van der Waals surface area contributed by atoms with E-state index in [9.17, 15) is 17.6 Å². The van der Waals surface area contributed by atoms with Crippen LogP contribution in [0.25, 0.3) is 11.4 Å². The molecule has 0 amide bonds. The molecule has 0 radical (unpaired) electrons. The van der Waals surface area contributed by atoms with Crippen molar-refractivity contribution in [3.63, 3.8) is 0 Å². The Morgan fingerprint density at radius 2 is 1.97 bits per heavy atom. The summed E-state index contributed by atoms with van der Waals surface area (Å²) in [6.07, 6.45) is 2.51. The number of aromatic nitrogens is 2. The van der Waals surface area contributed by atoms with Crippen LogP contribution in [0.3, 0.4) is 0 Å². The van der Waals surface area contributed by atoms with Crippen LogP contribution in [0, 0.1) is 5.82 Å². The smallest absolute Gasteiger partial charge is 0.338 e. The number of esters is 1. The molecule has 34 heavy (non-hydrogen) atoms. The number of rotatable bonds is 7. The number of methoxy groups -OCH3 is 1. The van der Waals surface area contributed by atoms with Crippen LogP contribution in [0.2, 0.25) is 0 Å². The molecule has 0 unspecified atom stereocenters. The molecule has 1 fully saturated rings. The third-order valence-electron chi connectivity index (χ3n) is 5.63. The van der Waals surface area contributed by atoms with Gasteiger partial charge >= 0.3 is 5.97 Å². The van der Waals surface area contributed by atoms with Crippen LogP contribution in [0.1, 0.15) is 42.4 Å². The average molecular weight is 490 g/mol. The number of sulfonamides is 1. The van der Waals surface area contributed by atoms with Crippen molar-refractivity contribution in [3.05, 3.63) is 59.7 Å². The molecule has 0 aliphatic carbocycles. The molecule has 0 spiro atoms. The van der Waals surface area contributed by atoms with Crippen LogP contribution in [0.5, 0.6) is 5.75 Å². The highest BCUT2D eigenvalue weighted by Crippen LogP contribution is 2.32. The number of piperidine rings is 1. The molecular formula is C23H24FN3O6S. The van der Waals surface area contributed by atoms with Gasteiger partial charge < -0.3 is 14.0 Å². The van der Waals surface area contributed by atoms with Crippen molar-refractivity contribution in [1.82, 2.24) is 14.4 Å². The van der Waals surface area contributed by atoms with Gasteiger partial charge in [0.05, 0.1) is 12.7 Å². The lowest BCUT2D eigenvalue weighted by Crippen LogP contribution is -2.42. The third kappa shape index (κ3) is 4.95. The molecule has 180 valence electrons. The van der Waals surface area contributed by atoms with Crippen LogP contribution in [-0.4, -0.2) is 48.5 Å². The van der Waals surface area contributed by atoms with Crippen molar-refractivity contribution in [3.8, 4) is 17.1 Å². The predicted molar refractivity (Wildman–Crippen MR) is 119 cm³/mol. The molecule has 1 saturated heterocycles. The summed E-state index contributed by atoms with van der Waals surface area (Å²) in [4.78, 5) is 16.7. The van der Waals surface area contributed by atoms with E-state index in [1.54, 1.807) is 0 Å².